The summed E-state index contributed by atoms with van der Waals surface area (Å²) in [6, 6.07) is 2.43. The lowest BCUT2D eigenvalue weighted by molar-refractivity contribution is 0.279. The van der Waals surface area contributed by atoms with Crippen molar-refractivity contribution in [3.63, 3.8) is 0 Å². The molecule has 1 nitrogen and oxygen atoms in total. The second-order valence-corrected chi connectivity index (χ2v) is 2.51. The third-order valence-electron chi connectivity index (χ3n) is 1.82. The molecule has 3 heteroatoms. The largest absolute Gasteiger partial charge is 0.392 e. The van der Waals surface area contributed by atoms with Crippen LogP contribution in [0.4, 0.5) is 8.78 Å². The third kappa shape index (κ3) is 1.46. The van der Waals surface area contributed by atoms with Gasteiger partial charge in [0.1, 0.15) is 0 Å². The van der Waals surface area contributed by atoms with Crippen molar-refractivity contribution in [1.82, 2.24) is 0 Å². The van der Waals surface area contributed by atoms with Gasteiger partial charge >= 0.3 is 0 Å². The van der Waals surface area contributed by atoms with Crippen LogP contribution in [0.15, 0.2) is 12.1 Å². The number of hydrogen-bond acceptors (Lipinski definition) is 1. The third-order valence-corrected chi connectivity index (χ3v) is 1.82. The Morgan fingerprint density at radius 2 is 2.00 bits per heavy atom. The predicted octanol–water partition coefficient (Wildman–Crippen LogP) is 2.02. The Morgan fingerprint density at radius 1 is 1.33 bits per heavy atom. The average Bonchev–Trinajstić information content (AvgIpc) is 2.09. The van der Waals surface area contributed by atoms with Gasteiger partial charge in [-0.15, -0.1) is 0 Å². The molecular weight excluding hydrogens is 162 g/mol. The molecular formula is C9H10F2O. The molecule has 0 spiro atoms. The molecule has 0 bridgehead atoms. The Bertz CT molecular complexity index is 284. The molecule has 0 radical (unpaired) electrons. The zero-order valence-electron chi connectivity index (χ0n) is 6.77. The SMILES string of the molecule is CCc1c(CO)ccc(F)c1F. The summed E-state index contributed by atoms with van der Waals surface area (Å²) in [4.78, 5) is 0. The number of halogens is 2. The number of aliphatic hydroxyl groups excluding tert-OH is 1. The van der Waals surface area contributed by atoms with Gasteiger partial charge in [0, 0.05) is 0 Å². The Labute approximate surface area is 69.7 Å². The number of benzene rings is 1. The lowest BCUT2D eigenvalue weighted by Crippen LogP contribution is -1.99. The first-order chi connectivity index (χ1) is 5.70. The van der Waals surface area contributed by atoms with Crippen LogP contribution in [-0.4, -0.2) is 5.11 Å². The molecule has 12 heavy (non-hydrogen) atoms. The fraction of sp³-hybridized carbons (Fsp3) is 0.333. The van der Waals surface area contributed by atoms with E-state index in [1.807, 2.05) is 0 Å². The second kappa shape index (κ2) is 3.63. The maximum absolute atomic E-state index is 13.0. The van der Waals surface area contributed by atoms with Crippen molar-refractivity contribution in [3.05, 3.63) is 34.9 Å². The molecule has 0 aromatic heterocycles. The van der Waals surface area contributed by atoms with Gasteiger partial charge in [0.25, 0.3) is 0 Å². The summed E-state index contributed by atoms with van der Waals surface area (Å²) >= 11 is 0. The predicted molar refractivity (Wildman–Crippen MR) is 41.7 cm³/mol. The molecule has 1 aromatic carbocycles. The van der Waals surface area contributed by atoms with Crippen molar-refractivity contribution in [3.8, 4) is 0 Å². The summed E-state index contributed by atoms with van der Waals surface area (Å²) in [6.45, 7) is 1.47. The topological polar surface area (TPSA) is 20.2 Å². The summed E-state index contributed by atoms with van der Waals surface area (Å²) < 4.78 is 25.6. The van der Waals surface area contributed by atoms with Gasteiger partial charge in [0.2, 0.25) is 0 Å². The maximum Gasteiger partial charge on any atom is 0.162 e. The number of hydrogen-bond donors (Lipinski definition) is 1. The van der Waals surface area contributed by atoms with Crippen molar-refractivity contribution in [2.24, 2.45) is 0 Å². The zero-order chi connectivity index (χ0) is 9.14. The highest BCUT2D eigenvalue weighted by atomic mass is 19.2. The van der Waals surface area contributed by atoms with Crippen molar-refractivity contribution in [1.29, 1.82) is 0 Å². The summed E-state index contributed by atoms with van der Waals surface area (Å²) in [5, 5.41) is 8.78. The number of aliphatic hydroxyl groups is 1. The lowest BCUT2D eigenvalue weighted by atomic mass is 10.1. The van der Waals surface area contributed by atoms with Crippen LogP contribution in [0.1, 0.15) is 18.1 Å². The van der Waals surface area contributed by atoms with Crippen molar-refractivity contribution in [2.45, 2.75) is 20.0 Å². The van der Waals surface area contributed by atoms with Gasteiger partial charge in [0.05, 0.1) is 6.61 Å². The van der Waals surface area contributed by atoms with E-state index in [2.05, 4.69) is 0 Å². The quantitative estimate of drug-likeness (QED) is 0.723. The van der Waals surface area contributed by atoms with Crippen molar-refractivity contribution in [2.75, 3.05) is 0 Å². The molecule has 0 atom stereocenters. The summed E-state index contributed by atoms with van der Waals surface area (Å²) in [7, 11) is 0. The van der Waals surface area contributed by atoms with Crippen LogP contribution >= 0.6 is 0 Å². The molecule has 0 aliphatic heterocycles. The minimum Gasteiger partial charge on any atom is -0.392 e. The standard InChI is InChI=1S/C9H10F2O/c1-2-7-6(5-12)3-4-8(10)9(7)11/h3-4,12H,2,5H2,1H3. The highest BCUT2D eigenvalue weighted by Gasteiger charge is 2.10. The van der Waals surface area contributed by atoms with E-state index in [0.29, 0.717) is 12.0 Å². The highest BCUT2D eigenvalue weighted by Crippen LogP contribution is 2.17. The molecule has 0 heterocycles. The van der Waals surface area contributed by atoms with E-state index in [4.69, 9.17) is 5.11 Å². The van der Waals surface area contributed by atoms with E-state index >= 15 is 0 Å². The Kier molecular flexibility index (Phi) is 2.76. The molecule has 0 aliphatic carbocycles. The molecule has 1 rings (SSSR count). The Morgan fingerprint density at radius 3 is 2.50 bits per heavy atom. The minimum absolute atomic E-state index is 0.250. The summed E-state index contributed by atoms with van der Waals surface area (Å²) in [5.41, 5.74) is 0.717. The van der Waals surface area contributed by atoms with Gasteiger partial charge in [-0.25, -0.2) is 8.78 Å². The summed E-state index contributed by atoms with van der Waals surface area (Å²) in [6.07, 6.45) is 0.388. The van der Waals surface area contributed by atoms with Crippen molar-refractivity contribution < 1.29 is 13.9 Å². The van der Waals surface area contributed by atoms with Crippen LogP contribution in [0.25, 0.3) is 0 Å². The van der Waals surface area contributed by atoms with E-state index < -0.39 is 11.6 Å². The molecule has 1 aromatic rings. The monoisotopic (exact) mass is 172 g/mol. The lowest BCUT2D eigenvalue weighted by Gasteiger charge is -2.06. The number of rotatable bonds is 2. The van der Waals surface area contributed by atoms with Gasteiger partial charge in [-0.05, 0) is 23.6 Å². The molecule has 0 saturated heterocycles. The van der Waals surface area contributed by atoms with Crippen LogP contribution in [0.3, 0.4) is 0 Å². The second-order valence-electron chi connectivity index (χ2n) is 2.51. The van der Waals surface area contributed by atoms with Gasteiger partial charge in [0.15, 0.2) is 11.6 Å². The fourth-order valence-corrected chi connectivity index (χ4v) is 1.16. The molecule has 1 N–H and O–H groups in total. The average molecular weight is 172 g/mol. The van der Waals surface area contributed by atoms with Gasteiger partial charge in [-0.2, -0.15) is 0 Å². The van der Waals surface area contributed by atoms with Crippen LogP contribution in [0.2, 0.25) is 0 Å². The van der Waals surface area contributed by atoms with Crippen LogP contribution in [0.5, 0.6) is 0 Å². The van der Waals surface area contributed by atoms with Crippen LogP contribution in [-0.2, 0) is 13.0 Å². The van der Waals surface area contributed by atoms with Gasteiger partial charge in [-0.1, -0.05) is 13.0 Å². The summed E-state index contributed by atoms with van der Waals surface area (Å²) in [5.74, 6) is -1.70. The van der Waals surface area contributed by atoms with E-state index in [9.17, 15) is 8.78 Å². The first-order valence-electron chi connectivity index (χ1n) is 3.77. The van der Waals surface area contributed by atoms with E-state index in [1.165, 1.54) is 6.07 Å². The van der Waals surface area contributed by atoms with Crippen LogP contribution in [0, 0.1) is 11.6 Å². The maximum atomic E-state index is 13.0. The normalized spacial score (nSPS) is 10.3. The van der Waals surface area contributed by atoms with E-state index in [1.54, 1.807) is 6.92 Å². The molecule has 0 saturated carbocycles. The molecule has 0 unspecified atom stereocenters. The smallest absolute Gasteiger partial charge is 0.162 e. The fourth-order valence-electron chi connectivity index (χ4n) is 1.16. The molecule has 0 amide bonds. The van der Waals surface area contributed by atoms with Crippen LogP contribution < -0.4 is 0 Å². The first-order valence-corrected chi connectivity index (χ1v) is 3.77. The zero-order valence-corrected chi connectivity index (χ0v) is 6.77. The molecule has 0 fully saturated rings. The van der Waals surface area contributed by atoms with Crippen molar-refractivity contribution >= 4 is 0 Å². The first kappa shape index (κ1) is 9.13. The minimum atomic E-state index is -0.857. The molecule has 66 valence electrons. The van der Waals surface area contributed by atoms with E-state index in [-0.39, 0.29) is 12.2 Å². The Balaban J connectivity index is 3.25. The van der Waals surface area contributed by atoms with Gasteiger partial charge < -0.3 is 5.11 Å². The Hall–Kier alpha value is -0.960. The highest BCUT2D eigenvalue weighted by molar-refractivity contribution is 5.28. The van der Waals surface area contributed by atoms with E-state index in [0.717, 1.165) is 6.07 Å². The molecule has 0 aliphatic rings. The van der Waals surface area contributed by atoms with Gasteiger partial charge in [-0.3, -0.25) is 0 Å².